The molecule has 0 N–H and O–H groups in total. The summed E-state index contributed by atoms with van der Waals surface area (Å²) in [6.45, 7) is 0. The van der Waals surface area contributed by atoms with Crippen LogP contribution >= 0.6 is 27.5 Å². The van der Waals surface area contributed by atoms with E-state index in [1.54, 1.807) is 6.07 Å². The zero-order valence-electron chi connectivity index (χ0n) is 7.64. The highest BCUT2D eigenvalue weighted by Crippen LogP contribution is 2.32. The standard InChI is InChI=1S/C9H8BrClO3/c1-13-8-6(9(12)14-2)3-5(11)4-7(8)10/h3-4H,1-2H3. The van der Waals surface area contributed by atoms with Gasteiger partial charge < -0.3 is 9.47 Å². The number of halogens is 2. The van der Waals surface area contributed by atoms with E-state index in [4.69, 9.17) is 16.3 Å². The second-order valence-corrected chi connectivity index (χ2v) is 3.75. The van der Waals surface area contributed by atoms with E-state index in [0.29, 0.717) is 20.8 Å². The van der Waals surface area contributed by atoms with Crippen LogP contribution in [0.3, 0.4) is 0 Å². The van der Waals surface area contributed by atoms with Gasteiger partial charge in [-0.3, -0.25) is 0 Å². The number of hydrogen-bond donors (Lipinski definition) is 0. The monoisotopic (exact) mass is 278 g/mol. The summed E-state index contributed by atoms with van der Waals surface area (Å²) in [5.74, 6) is -0.0636. The average Bonchev–Trinajstić information content (AvgIpc) is 2.15. The first-order valence-corrected chi connectivity index (χ1v) is 4.88. The Labute approximate surface area is 95.1 Å². The van der Waals surface area contributed by atoms with Gasteiger partial charge >= 0.3 is 5.97 Å². The lowest BCUT2D eigenvalue weighted by Crippen LogP contribution is -2.04. The molecule has 0 saturated carbocycles. The summed E-state index contributed by atoms with van der Waals surface area (Å²) in [5, 5.41) is 0.443. The number of carbonyl (C=O) groups excluding carboxylic acids is 1. The van der Waals surface area contributed by atoms with Crippen LogP contribution in [0.15, 0.2) is 16.6 Å². The first-order chi connectivity index (χ1) is 6.60. The Kier molecular flexibility index (Phi) is 3.77. The summed E-state index contributed by atoms with van der Waals surface area (Å²) < 4.78 is 10.3. The summed E-state index contributed by atoms with van der Waals surface area (Å²) in [6, 6.07) is 3.14. The van der Waals surface area contributed by atoms with Gasteiger partial charge in [0.2, 0.25) is 0 Å². The fourth-order valence-corrected chi connectivity index (χ4v) is 2.00. The van der Waals surface area contributed by atoms with Gasteiger partial charge in [0.1, 0.15) is 11.3 Å². The topological polar surface area (TPSA) is 35.5 Å². The Bertz CT molecular complexity index is 365. The van der Waals surface area contributed by atoms with Crippen LogP contribution in [-0.2, 0) is 4.74 Å². The molecular weight excluding hydrogens is 271 g/mol. The number of benzene rings is 1. The average molecular weight is 280 g/mol. The first-order valence-electron chi connectivity index (χ1n) is 3.71. The third-order valence-electron chi connectivity index (χ3n) is 1.62. The lowest BCUT2D eigenvalue weighted by molar-refractivity contribution is 0.0597. The summed E-state index contributed by atoms with van der Waals surface area (Å²) in [5.41, 5.74) is 0.300. The molecule has 0 atom stereocenters. The third-order valence-corrected chi connectivity index (χ3v) is 2.43. The maximum atomic E-state index is 11.3. The van der Waals surface area contributed by atoms with Crippen molar-refractivity contribution in [3.8, 4) is 5.75 Å². The van der Waals surface area contributed by atoms with Crippen LogP contribution in [0.25, 0.3) is 0 Å². The van der Waals surface area contributed by atoms with Crippen molar-refractivity contribution in [2.45, 2.75) is 0 Å². The molecule has 0 unspecified atom stereocenters. The quantitative estimate of drug-likeness (QED) is 0.781. The summed E-state index contributed by atoms with van der Waals surface area (Å²) in [4.78, 5) is 11.3. The molecule has 0 fully saturated rings. The predicted octanol–water partition coefficient (Wildman–Crippen LogP) is 2.90. The molecule has 1 aromatic carbocycles. The zero-order valence-corrected chi connectivity index (χ0v) is 9.98. The van der Waals surface area contributed by atoms with Crippen LogP contribution in [0.2, 0.25) is 5.02 Å². The van der Waals surface area contributed by atoms with Crippen LogP contribution in [0.5, 0.6) is 5.75 Å². The molecule has 76 valence electrons. The highest BCUT2D eigenvalue weighted by atomic mass is 79.9. The van der Waals surface area contributed by atoms with Crippen molar-refractivity contribution in [3.05, 3.63) is 27.2 Å². The molecule has 0 bridgehead atoms. The molecule has 0 saturated heterocycles. The number of hydrogen-bond acceptors (Lipinski definition) is 3. The van der Waals surface area contributed by atoms with Gasteiger partial charge in [-0.25, -0.2) is 4.79 Å². The Morgan fingerprint density at radius 1 is 1.43 bits per heavy atom. The van der Waals surface area contributed by atoms with Gasteiger partial charge in [0.15, 0.2) is 0 Å². The molecule has 0 heterocycles. The molecule has 0 aliphatic carbocycles. The number of esters is 1. The van der Waals surface area contributed by atoms with Crippen molar-refractivity contribution in [1.29, 1.82) is 0 Å². The van der Waals surface area contributed by atoms with Gasteiger partial charge in [-0.2, -0.15) is 0 Å². The predicted molar refractivity (Wildman–Crippen MR) is 57.0 cm³/mol. The van der Waals surface area contributed by atoms with Crippen molar-refractivity contribution >= 4 is 33.5 Å². The molecule has 1 aromatic rings. The van der Waals surface area contributed by atoms with Gasteiger partial charge in [0.25, 0.3) is 0 Å². The fourth-order valence-electron chi connectivity index (χ4n) is 1.03. The van der Waals surface area contributed by atoms with E-state index in [-0.39, 0.29) is 0 Å². The van der Waals surface area contributed by atoms with Gasteiger partial charge in [-0.05, 0) is 28.1 Å². The lowest BCUT2D eigenvalue weighted by atomic mass is 10.2. The highest BCUT2D eigenvalue weighted by Gasteiger charge is 2.16. The first kappa shape index (κ1) is 11.3. The molecule has 14 heavy (non-hydrogen) atoms. The second-order valence-electron chi connectivity index (χ2n) is 2.46. The Morgan fingerprint density at radius 2 is 2.07 bits per heavy atom. The highest BCUT2D eigenvalue weighted by molar-refractivity contribution is 9.10. The van der Waals surface area contributed by atoms with E-state index in [1.807, 2.05) is 0 Å². The molecule has 0 amide bonds. The van der Waals surface area contributed by atoms with Crippen LogP contribution < -0.4 is 4.74 Å². The minimum Gasteiger partial charge on any atom is -0.495 e. The molecular formula is C9H8BrClO3. The second kappa shape index (κ2) is 4.66. The molecule has 3 nitrogen and oxygen atoms in total. The lowest BCUT2D eigenvalue weighted by Gasteiger charge is -2.08. The molecule has 0 radical (unpaired) electrons. The number of carbonyl (C=O) groups is 1. The summed E-state index contributed by atoms with van der Waals surface area (Å²) in [6.07, 6.45) is 0. The van der Waals surface area contributed by atoms with Crippen molar-refractivity contribution in [2.75, 3.05) is 14.2 Å². The molecule has 1 rings (SSSR count). The van der Waals surface area contributed by atoms with E-state index < -0.39 is 5.97 Å². The van der Waals surface area contributed by atoms with Crippen LogP contribution in [-0.4, -0.2) is 20.2 Å². The van der Waals surface area contributed by atoms with Crippen molar-refractivity contribution in [3.63, 3.8) is 0 Å². The zero-order chi connectivity index (χ0) is 10.7. The van der Waals surface area contributed by atoms with Crippen LogP contribution in [0, 0.1) is 0 Å². The summed E-state index contributed by atoms with van der Waals surface area (Å²) in [7, 11) is 2.77. The van der Waals surface area contributed by atoms with Crippen molar-refractivity contribution in [1.82, 2.24) is 0 Å². The van der Waals surface area contributed by atoms with Crippen LogP contribution in [0.1, 0.15) is 10.4 Å². The van der Waals surface area contributed by atoms with E-state index in [9.17, 15) is 4.79 Å². The van der Waals surface area contributed by atoms with Gasteiger partial charge in [-0.15, -0.1) is 0 Å². The molecule has 0 spiro atoms. The molecule has 0 aromatic heterocycles. The third kappa shape index (κ3) is 2.19. The van der Waals surface area contributed by atoms with Crippen molar-refractivity contribution in [2.24, 2.45) is 0 Å². The Balaban J connectivity index is 3.32. The fraction of sp³-hybridized carbons (Fsp3) is 0.222. The summed E-state index contributed by atoms with van der Waals surface area (Å²) >= 11 is 9.03. The maximum Gasteiger partial charge on any atom is 0.341 e. The Hall–Kier alpha value is -0.740. The van der Waals surface area contributed by atoms with E-state index in [1.165, 1.54) is 20.3 Å². The Morgan fingerprint density at radius 3 is 2.57 bits per heavy atom. The van der Waals surface area contributed by atoms with E-state index in [2.05, 4.69) is 20.7 Å². The number of methoxy groups -OCH3 is 2. The number of rotatable bonds is 2. The van der Waals surface area contributed by atoms with E-state index >= 15 is 0 Å². The minimum absolute atomic E-state index is 0.300. The SMILES string of the molecule is COC(=O)c1cc(Cl)cc(Br)c1OC. The van der Waals surface area contributed by atoms with Gasteiger partial charge in [0.05, 0.1) is 18.7 Å². The van der Waals surface area contributed by atoms with Crippen molar-refractivity contribution < 1.29 is 14.3 Å². The largest absolute Gasteiger partial charge is 0.495 e. The van der Waals surface area contributed by atoms with Gasteiger partial charge in [0, 0.05) is 5.02 Å². The molecule has 0 aliphatic heterocycles. The minimum atomic E-state index is -0.481. The van der Waals surface area contributed by atoms with E-state index in [0.717, 1.165) is 0 Å². The number of ether oxygens (including phenoxy) is 2. The van der Waals surface area contributed by atoms with Crippen LogP contribution in [0.4, 0.5) is 0 Å². The smallest absolute Gasteiger partial charge is 0.341 e. The normalized spacial score (nSPS) is 9.71. The molecule has 0 aliphatic rings. The van der Waals surface area contributed by atoms with Gasteiger partial charge in [-0.1, -0.05) is 11.6 Å². The molecule has 5 heteroatoms. The maximum absolute atomic E-state index is 11.3.